The van der Waals surface area contributed by atoms with Gasteiger partial charge in [0.25, 0.3) is 0 Å². The maximum Gasteiger partial charge on any atom is 0.417 e. The van der Waals surface area contributed by atoms with Crippen LogP contribution in [0.2, 0.25) is 0 Å². The van der Waals surface area contributed by atoms with E-state index < -0.39 is 17.2 Å². The summed E-state index contributed by atoms with van der Waals surface area (Å²) in [5, 5.41) is 10.7. The minimum Gasteiger partial charge on any atom is -0.380 e. The lowest BCUT2D eigenvalue weighted by molar-refractivity contribution is -0.305. The third kappa shape index (κ3) is 2.18. The molecule has 0 aromatic rings. The lowest BCUT2D eigenvalue weighted by Crippen LogP contribution is -2.62. The van der Waals surface area contributed by atoms with E-state index in [0.717, 1.165) is 19.3 Å². The Labute approximate surface area is 153 Å². The first-order valence-electron chi connectivity index (χ1n) is 10.2. The minimum absolute atomic E-state index is 0.0710. The van der Waals surface area contributed by atoms with Crippen LogP contribution in [0.3, 0.4) is 0 Å². The van der Waals surface area contributed by atoms with Crippen LogP contribution in [0.5, 0.6) is 0 Å². The zero-order valence-corrected chi connectivity index (χ0v) is 16.0. The molecule has 4 aliphatic rings. The molecule has 0 radical (unpaired) electrons. The van der Waals surface area contributed by atoms with E-state index in [-0.39, 0.29) is 23.7 Å². The molecular weight excluding hydrogens is 341 g/mol. The van der Waals surface area contributed by atoms with Crippen molar-refractivity contribution in [1.29, 1.82) is 0 Å². The summed E-state index contributed by atoms with van der Waals surface area (Å²) in [7, 11) is 0. The summed E-state index contributed by atoms with van der Waals surface area (Å²) in [6.07, 6.45) is 0.0452. The van der Waals surface area contributed by atoms with E-state index in [1.807, 2.05) is 0 Å². The zero-order valence-electron chi connectivity index (χ0n) is 16.0. The molecule has 0 amide bonds. The molecule has 0 saturated heterocycles. The van der Waals surface area contributed by atoms with Crippen LogP contribution in [-0.4, -0.2) is 22.7 Å². The normalized spacial score (nSPS) is 54.4. The van der Waals surface area contributed by atoms with E-state index in [0.29, 0.717) is 49.2 Å². The first kappa shape index (κ1) is 18.8. The van der Waals surface area contributed by atoms with E-state index in [2.05, 4.69) is 13.8 Å². The van der Waals surface area contributed by atoms with E-state index in [1.165, 1.54) is 0 Å². The number of halogens is 3. The van der Waals surface area contributed by atoms with Crippen molar-refractivity contribution in [3.8, 4) is 0 Å². The smallest absolute Gasteiger partial charge is 0.380 e. The molecule has 4 fully saturated rings. The van der Waals surface area contributed by atoms with Crippen LogP contribution in [0.4, 0.5) is 13.2 Å². The van der Waals surface area contributed by atoms with Gasteiger partial charge in [0.1, 0.15) is 5.78 Å². The number of hydrogen-bond donors (Lipinski definition) is 1. The van der Waals surface area contributed by atoms with Crippen molar-refractivity contribution in [2.45, 2.75) is 83.9 Å². The highest BCUT2D eigenvalue weighted by Gasteiger charge is 2.73. The van der Waals surface area contributed by atoms with Gasteiger partial charge in [0, 0.05) is 18.3 Å². The maximum absolute atomic E-state index is 13.8. The summed E-state index contributed by atoms with van der Waals surface area (Å²) in [5.74, 6) is 1.61. The second kappa shape index (κ2) is 5.48. The summed E-state index contributed by atoms with van der Waals surface area (Å²) in [4.78, 5) is 12.0. The lowest BCUT2D eigenvalue weighted by Gasteiger charge is -2.62. The van der Waals surface area contributed by atoms with E-state index in [1.54, 1.807) is 6.92 Å². The summed E-state index contributed by atoms with van der Waals surface area (Å²) in [5.41, 5.74) is -3.55. The van der Waals surface area contributed by atoms with Gasteiger partial charge in [0.15, 0.2) is 5.60 Å². The van der Waals surface area contributed by atoms with Crippen LogP contribution in [-0.2, 0) is 4.79 Å². The summed E-state index contributed by atoms with van der Waals surface area (Å²) in [6.45, 7) is 6.16. The Morgan fingerprint density at radius 2 is 1.73 bits per heavy atom. The van der Waals surface area contributed by atoms with Gasteiger partial charge in [-0.15, -0.1) is 0 Å². The molecule has 0 aliphatic heterocycles. The largest absolute Gasteiger partial charge is 0.417 e. The van der Waals surface area contributed by atoms with Crippen molar-refractivity contribution in [2.75, 3.05) is 0 Å². The molecule has 4 aliphatic carbocycles. The van der Waals surface area contributed by atoms with Gasteiger partial charge in [-0.05, 0) is 73.5 Å². The first-order valence-corrected chi connectivity index (χ1v) is 10.2. The predicted molar refractivity (Wildman–Crippen MR) is 92.3 cm³/mol. The lowest BCUT2D eigenvalue weighted by atomic mass is 9.42. The summed E-state index contributed by atoms with van der Waals surface area (Å²) < 4.78 is 41.3. The fourth-order valence-corrected chi connectivity index (χ4v) is 7.91. The van der Waals surface area contributed by atoms with Gasteiger partial charge in [-0.1, -0.05) is 20.8 Å². The molecule has 2 nitrogen and oxygen atoms in total. The van der Waals surface area contributed by atoms with Crippen molar-refractivity contribution in [1.82, 2.24) is 0 Å². The predicted octanol–water partition coefficient (Wildman–Crippen LogP) is 5.14. The molecule has 0 aromatic heterocycles. The molecule has 0 unspecified atom stereocenters. The second-order valence-electron chi connectivity index (χ2n) is 10.3. The number of fused-ring (bicyclic) bond motifs is 5. The van der Waals surface area contributed by atoms with Crippen LogP contribution in [0, 0.1) is 40.4 Å². The average Bonchev–Trinajstić information content (AvgIpc) is 2.82. The summed E-state index contributed by atoms with van der Waals surface area (Å²) in [6, 6.07) is 0. The standard InChI is InChI=1S/C21H31F3O2/c1-12-10-13-11-14(25)4-7-18(13,2)15-5-8-19(3)16(17(12)15)6-9-20(19,26)21(22,23)24/h12-13,15-17,26H,4-11H2,1-3H3/t12-,13+,15+,16+,17-,18+,19+,20+/m1/s1. The van der Waals surface area contributed by atoms with Crippen LogP contribution in [0.15, 0.2) is 0 Å². The Kier molecular flexibility index (Phi) is 3.96. The Morgan fingerprint density at radius 1 is 1.08 bits per heavy atom. The highest BCUT2D eigenvalue weighted by Crippen LogP contribution is 2.71. The van der Waals surface area contributed by atoms with Crippen molar-refractivity contribution in [3.05, 3.63) is 0 Å². The molecule has 0 bridgehead atoms. The van der Waals surface area contributed by atoms with Crippen LogP contribution in [0.25, 0.3) is 0 Å². The fraction of sp³-hybridized carbons (Fsp3) is 0.952. The number of carbonyl (C=O) groups is 1. The Hall–Kier alpha value is -0.580. The molecule has 4 saturated carbocycles. The van der Waals surface area contributed by atoms with Crippen LogP contribution < -0.4 is 0 Å². The number of hydrogen-bond acceptors (Lipinski definition) is 2. The van der Waals surface area contributed by atoms with Crippen molar-refractivity contribution in [3.63, 3.8) is 0 Å². The van der Waals surface area contributed by atoms with Crippen molar-refractivity contribution in [2.24, 2.45) is 40.4 Å². The highest BCUT2D eigenvalue weighted by atomic mass is 19.4. The van der Waals surface area contributed by atoms with Gasteiger partial charge < -0.3 is 5.11 Å². The Balaban J connectivity index is 1.70. The van der Waals surface area contributed by atoms with Crippen molar-refractivity contribution < 1.29 is 23.1 Å². The number of alkyl halides is 3. The zero-order chi connectivity index (χ0) is 19.1. The molecule has 1 N–H and O–H groups in total. The van der Waals surface area contributed by atoms with E-state index in [4.69, 9.17) is 0 Å². The van der Waals surface area contributed by atoms with Gasteiger partial charge in [-0.3, -0.25) is 4.79 Å². The fourth-order valence-electron chi connectivity index (χ4n) is 7.91. The van der Waals surface area contributed by atoms with Gasteiger partial charge in [-0.2, -0.15) is 13.2 Å². The molecule has 0 aromatic carbocycles. The molecular formula is C21H31F3O2. The van der Waals surface area contributed by atoms with Crippen LogP contribution >= 0.6 is 0 Å². The molecule has 4 rings (SSSR count). The Bertz CT molecular complexity index is 617. The molecule has 26 heavy (non-hydrogen) atoms. The topological polar surface area (TPSA) is 37.3 Å². The van der Waals surface area contributed by atoms with E-state index in [9.17, 15) is 23.1 Å². The maximum atomic E-state index is 13.8. The first-order chi connectivity index (χ1) is 11.9. The van der Waals surface area contributed by atoms with Gasteiger partial charge in [-0.25, -0.2) is 0 Å². The number of ketones is 1. The number of carbonyl (C=O) groups excluding carboxylic acids is 1. The van der Waals surface area contributed by atoms with Crippen LogP contribution in [0.1, 0.15) is 72.1 Å². The average molecular weight is 372 g/mol. The number of aliphatic hydroxyl groups is 1. The van der Waals surface area contributed by atoms with Gasteiger partial charge in [0.05, 0.1) is 0 Å². The third-order valence-electron chi connectivity index (χ3n) is 9.46. The van der Waals surface area contributed by atoms with E-state index >= 15 is 0 Å². The van der Waals surface area contributed by atoms with Crippen molar-refractivity contribution >= 4 is 5.78 Å². The number of rotatable bonds is 0. The van der Waals surface area contributed by atoms with Gasteiger partial charge in [0.2, 0.25) is 0 Å². The molecule has 0 spiro atoms. The molecule has 148 valence electrons. The van der Waals surface area contributed by atoms with Gasteiger partial charge >= 0.3 is 6.18 Å². The second-order valence-corrected chi connectivity index (χ2v) is 10.3. The molecule has 5 heteroatoms. The molecule has 0 heterocycles. The summed E-state index contributed by atoms with van der Waals surface area (Å²) >= 11 is 0. The Morgan fingerprint density at radius 3 is 2.38 bits per heavy atom. The minimum atomic E-state index is -4.56. The molecule has 8 atom stereocenters. The monoisotopic (exact) mass is 372 g/mol. The quantitative estimate of drug-likeness (QED) is 0.639. The SMILES string of the molecule is C[C@@H]1C[C@H]2CC(=O)CC[C@]2(C)[C@H]2CC[C@@]3(C)[C@@H](CC[C@@]3(O)C(F)(F)F)[C@H]12. The third-order valence-corrected chi connectivity index (χ3v) is 9.46. The highest BCUT2D eigenvalue weighted by molar-refractivity contribution is 5.79. The number of Topliss-reactive ketones (excluding diaryl/α,β-unsaturated/α-hetero) is 1.